The summed E-state index contributed by atoms with van der Waals surface area (Å²) < 4.78 is 59.3. The molecule has 1 unspecified atom stereocenters. The number of halogens is 4. The summed E-state index contributed by atoms with van der Waals surface area (Å²) in [5.41, 5.74) is 0.907. The third kappa shape index (κ3) is 6.79. The number of rotatable bonds is 7. The van der Waals surface area contributed by atoms with E-state index in [0.717, 1.165) is 30.5 Å². The molecule has 4 rings (SSSR count). The van der Waals surface area contributed by atoms with Crippen molar-refractivity contribution in [1.82, 2.24) is 9.88 Å². The Bertz CT molecular complexity index is 1270. The van der Waals surface area contributed by atoms with Gasteiger partial charge in [-0.25, -0.2) is 4.39 Å². The molecule has 0 radical (unpaired) electrons. The van der Waals surface area contributed by atoms with Gasteiger partial charge in [-0.3, -0.25) is 9.88 Å². The Morgan fingerprint density at radius 1 is 1.16 bits per heavy atom. The van der Waals surface area contributed by atoms with Crippen LogP contribution in [0.4, 0.5) is 17.6 Å². The van der Waals surface area contributed by atoms with E-state index in [4.69, 9.17) is 4.74 Å². The minimum atomic E-state index is -4.40. The number of aromatic nitrogens is 1. The average molecular weight is 515 g/mol. The maximum atomic E-state index is 15.4. The standard InChI is InChI=1S/C29H30F4N2O2/c1-37-24-8-10-28-26(17-24)25(11-13-34-28)27(30)9-7-21-12-15-35(18-22(21)19-36)14-3-5-20-4-2-6-23(16-20)29(31,32)33/h2,4,6,8,10-11,13,16-17,21-22,27,36H,7,9,12,14-15,18-19H2,1H3/t21-,22-,27?/m1/s1. The summed E-state index contributed by atoms with van der Waals surface area (Å²) in [4.78, 5) is 6.41. The van der Waals surface area contributed by atoms with Gasteiger partial charge in [-0.15, -0.1) is 0 Å². The second-order valence-corrected chi connectivity index (χ2v) is 9.44. The monoisotopic (exact) mass is 514 g/mol. The first kappa shape index (κ1) is 26.9. The summed E-state index contributed by atoms with van der Waals surface area (Å²) >= 11 is 0. The van der Waals surface area contributed by atoms with Crippen molar-refractivity contribution in [2.75, 3.05) is 33.4 Å². The predicted octanol–water partition coefficient (Wildman–Crippen LogP) is 6.04. The van der Waals surface area contributed by atoms with E-state index >= 15 is 4.39 Å². The zero-order valence-electron chi connectivity index (χ0n) is 20.6. The van der Waals surface area contributed by atoms with E-state index in [9.17, 15) is 18.3 Å². The van der Waals surface area contributed by atoms with E-state index in [1.165, 1.54) is 6.07 Å². The molecular weight excluding hydrogens is 484 g/mol. The molecule has 1 aromatic heterocycles. The Labute approximate surface area is 214 Å². The van der Waals surface area contributed by atoms with E-state index < -0.39 is 17.9 Å². The number of aliphatic hydroxyl groups excluding tert-OH is 1. The highest BCUT2D eigenvalue weighted by Gasteiger charge is 2.31. The van der Waals surface area contributed by atoms with Crippen LogP contribution in [0.25, 0.3) is 10.9 Å². The van der Waals surface area contributed by atoms with Crippen LogP contribution in [-0.4, -0.2) is 48.3 Å². The minimum absolute atomic E-state index is 0.00539. The highest BCUT2D eigenvalue weighted by Crippen LogP contribution is 2.35. The number of fused-ring (bicyclic) bond motifs is 1. The molecule has 2 aromatic carbocycles. The van der Waals surface area contributed by atoms with Crippen molar-refractivity contribution in [3.63, 3.8) is 0 Å². The number of aliphatic hydroxyl groups is 1. The molecule has 0 amide bonds. The van der Waals surface area contributed by atoms with Crippen molar-refractivity contribution in [3.8, 4) is 17.6 Å². The van der Waals surface area contributed by atoms with Gasteiger partial charge in [-0.05, 0) is 85.7 Å². The van der Waals surface area contributed by atoms with Crippen molar-refractivity contribution in [1.29, 1.82) is 0 Å². The SMILES string of the molecule is COc1ccc2nccc(C(F)CC[C@@H]3CCN(CC#Cc4cccc(C(F)(F)F)c4)C[C@@H]3CO)c2c1. The van der Waals surface area contributed by atoms with Crippen molar-refractivity contribution in [3.05, 3.63) is 71.4 Å². The number of methoxy groups -OCH3 is 1. The molecule has 196 valence electrons. The number of nitrogens with zero attached hydrogens (tertiary/aromatic N) is 2. The number of piperidine rings is 1. The lowest BCUT2D eigenvalue weighted by Gasteiger charge is -2.37. The first-order valence-electron chi connectivity index (χ1n) is 12.3. The zero-order valence-corrected chi connectivity index (χ0v) is 20.6. The molecule has 3 atom stereocenters. The first-order valence-corrected chi connectivity index (χ1v) is 12.3. The Balaban J connectivity index is 1.33. The van der Waals surface area contributed by atoms with Gasteiger partial charge >= 0.3 is 6.18 Å². The Morgan fingerprint density at radius 2 is 2.00 bits per heavy atom. The minimum Gasteiger partial charge on any atom is -0.497 e. The van der Waals surface area contributed by atoms with Crippen LogP contribution in [0.3, 0.4) is 0 Å². The van der Waals surface area contributed by atoms with Crippen LogP contribution in [0.15, 0.2) is 54.7 Å². The molecular formula is C29H30F4N2O2. The van der Waals surface area contributed by atoms with Gasteiger partial charge in [0.1, 0.15) is 11.9 Å². The maximum absolute atomic E-state index is 15.4. The van der Waals surface area contributed by atoms with Gasteiger partial charge in [0.15, 0.2) is 0 Å². The largest absolute Gasteiger partial charge is 0.497 e. The van der Waals surface area contributed by atoms with Crippen molar-refractivity contribution in [2.24, 2.45) is 11.8 Å². The van der Waals surface area contributed by atoms with Crippen LogP contribution in [-0.2, 0) is 6.18 Å². The summed E-state index contributed by atoms with van der Waals surface area (Å²) in [6.45, 7) is 1.75. The number of hydrogen-bond donors (Lipinski definition) is 1. The molecule has 1 saturated heterocycles. The Morgan fingerprint density at radius 3 is 2.76 bits per heavy atom. The molecule has 8 heteroatoms. The van der Waals surface area contributed by atoms with Crippen LogP contribution in [0.1, 0.15) is 42.1 Å². The molecule has 37 heavy (non-hydrogen) atoms. The molecule has 4 nitrogen and oxygen atoms in total. The Hall–Kier alpha value is -3.15. The predicted molar refractivity (Wildman–Crippen MR) is 135 cm³/mol. The average Bonchev–Trinajstić information content (AvgIpc) is 2.91. The molecule has 2 heterocycles. The van der Waals surface area contributed by atoms with Gasteiger partial charge in [0.05, 0.1) is 24.7 Å². The second kappa shape index (κ2) is 11.9. The summed E-state index contributed by atoms with van der Waals surface area (Å²) in [6.07, 6.45) is -2.16. The first-order chi connectivity index (χ1) is 17.8. The summed E-state index contributed by atoms with van der Waals surface area (Å²) in [5, 5.41) is 10.7. The van der Waals surface area contributed by atoms with E-state index in [1.54, 1.807) is 37.6 Å². The van der Waals surface area contributed by atoms with Gasteiger partial charge in [-0.1, -0.05) is 17.9 Å². The molecule has 0 bridgehead atoms. The van der Waals surface area contributed by atoms with Gasteiger partial charge in [0.2, 0.25) is 0 Å². The lowest BCUT2D eigenvalue weighted by Crippen LogP contribution is -2.42. The van der Waals surface area contributed by atoms with E-state index in [-0.39, 0.29) is 18.4 Å². The second-order valence-electron chi connectivity index (χ2n) is 9.44. The van der Waals surface area contributed by atoms with Crippen LogP contribution in [0.2, 0.25) is 0 Å². The number of benzene rings is 2. The topological polar surface area (TPSA) is 45.6 Å². The summed E-state index contributed by atoms with van der Waals surface area (Å²) in [5.74, 6) is 6.59. The fraction of sp³-hybridized carbons (Fsp3) is 0.414. The van der Waals surface area contributed by atoms with Crippen molar-refractivity contribution >= 4 is 10.9 Å². The van der Waals surface area contributed by atoms with Gasteiger partial charge in [0, 0.05) is 30.3 Å². The fourth-order valence-corrected chi connectivity index (χ4v) is 4.98. The van der Waals surface area contributed by atoms with E-state index in [1.807, 2.05) is 6.07 Å². The van der Waals surface area contributed by atoms with Gasteiger partial charge in [-0.2, -0.15) is 13.2 Å². The maximum Gasteiger partial charge on any atom is 0.416 e. The van der Waals surface area contributed by atoms with Crippen LogP contribution in [0.5, 0.6) is 5.75 Å². The molecule has 1 fully saturated rings. The summed E-state index contributed by atoms with van der Waals surface area (Å²) in [7, 11) is 1.57. The third-order valence-corrected chi connectivity index (χ3v) is 7.05. The lowest BCUT2D eigenvalue weighted by atomic mass is 9.81. The van der Waals surface area contributed by atoms with Gasteiger partial charge < -0.3 is 9.84 Å². The van der Waals surface area contributed by atoms with Crippen molar-refractivity contribution in [2.45, 2.75) is 31.6 Å². The molecule has 0 aliphatic carbocycles. The van der Waals surface area contributed by atoms with E-state index in [2.05, 4.69) is 21.7 Å². The number of likely N-dealkylation sites (tertiary alicyclic amines) is 1. The fourth-order valence-electron chi connectivity index (χ4n) is 4.98. The molecule has 0 saturated carbocycles. The number of hydrogen-bond acceptors (Lipinski definition) is 4. The number of ether oxygens (including phenoxy) is 1. The Kier molecular flexibility index (Phi) is 8.67. The third-order valence-electron chi connectivity index (χ3n) is 7.05. The van der Waals surface area contributed by atoms with Crippen LogP contribution < -0.4 is 4.74 Å². The molecule has 1 aliphatic rings. The highest BCUT2D eigenvalue weighted by atomic mass is 19.4. The molecule has 1 aliphatic heterocycles. The smallest absolute Gasteiger partial charge is 0.416 e. The summed E-state index contributed by atoms with van der Waals surface area (Å²) in [6, 6.07) is 12.1. The zero-order chi connectivity index (χ0) is 26.4. The molecule has 0 spiro atoms. The molecule has 1 N–H and O–H groups in total. The van der Waals surface area contributed by atoms with Crippen molar-refractivity contribution < 1.29 is 27.4 Å². The van der Waals surface area contributed by atoms with Gasteiger partial charge in [0.25, 0.3) is 0 Å². The lowest BCUT2D eigenvalue weighted by molar-refractivity contribution is -0.137. The van der Waals surface area contributed by atoms with E-state index in [0.29, 0.717) is 48.3 Å². The quantitative estimate of drug-likeness (QED) is 0.309. The number of alkyl halides is 4. The number of pyridine rings is 1. The normalized spacial score (nSPS) is 19.3. The highest BCUT2D eigenvalue weighted by molar-refractivity contribution is 5.83. The van der Waals surface area contributed by atoms with Crippen LogP contribution >= 0.6 is 0 Å². The van der Waals surface area contributed by atoms with Crippen LogP contribution in [0, 0.1) is 23.7 Å². The molecule has 3 aromatic rings.